The Morgan fingerprint density at radius 2 is 2.25 bits per heavy atom. The SMILES string of the molecule is NC1C=CC(c2nc(-c3cccc([N+](=O)[O-])c3)no2)C1. The minimum absolute atomic E-state index is 0.00312. The summed E-state index contributed by atoms with van der Waals surface area (Å²) >= 11 is 0. The molecule has 0 aliphatic heterocycles. The first kappa shape index (κ1) is 12.5. The number of non-ortho nitro benzene ring substituents is 1. The highest BCUT2D eigenvalue weighted by atomic mass is 16.6. The van der Waals surface area contributed by atoms with Crippen LogP contribution in [0.15, 0.2) is 40.9 Å². The van der Waals surface area contributed by atoms with E-state index in [1.807, 2.05) is 12.2 Å². The first-order valence-electron chi connectivity index (χ1n) is 6.16. The van der Waals surface area contributed by atoms with Gasteiger partial charge in [0.25, 0.3) is 5.69 Å². The molecule has 0 amide bonds. The normalized spacial score (nSPS) is 21.2. The van der Waals surface area contributed by atoms with E-state index in [9.17, 15) is 10.1 Å². The highest BCUT2D eigenvalue weighted by Crippen LogP contribution is 2.29. The summed E-state index contributed by atoms with van der Waals surface area (Å²) in [5, 5.41) is 14.6. The fourth-order valence-electron chi connectivity index (χ4n) is 2.17. The largest absolute Gasteiger partial charge is 0.338 e. The van der Waals surface area contributed by atoms with Crippen molar-refractivity contribution in [1.29, 1.82) is 0 Å². The number of nitrogens with zero attached hydrogens (tertiary/aromatic N) is 3. The summed E-state index contributed by atoms with van der Waals surface area (Å²) in [5.74, 6) is 0.846. The van der Waals surface area contributed by atoms with E-state index in [0.29, 0.717) is 17.3 Å². The van der Waals surface area contributed by atoms with E-state index in [-0.39, 0.29) is 17.6 Å². The van der Waals surface area contributed by atoms with Crippen LogP contribution in [0.4, 0.5) is 5.69 Å². The zero-order chi connectivity index (χ0) is 14.1. The lowest BCUT2D eigenvalue weighted by atomic mass is 10.1. The van der Waals surface area contributed by atoms with E-state index >= 15 is 0 Å². The van der Waals surface area contributed by atoms with Gasteiger partial charge < -0.3 is 10.3 Å². The van der Waals surface area contributed by atoms with Gasteiger partial charge in [0.15, 0.2) is 0 Å². The van der Waals surface area contributed by atoms with Crippen molar-refractivity contribution in [2.24, 2.45) is 5.73 Å². The van der Waals surface area contributed by atoms with Gasteiger partial charge >= 0.3 is 0 Å². The molecule has 0 saturated carbocycles. The Morgan fingerprint density at radius 1 is 1.40 bits per heavy atom. The standard InChI is InChI=1S/C13H12N4O3/c14-10-5-4-9(6-10)13-15-12(16-20-13)8-2-1-3-11(7-8)17(18)19/h1-5,7,9-10H,6,14H2. The Labute approximate surface area is 114 Å². The number of allylic oxidation sites excluding steroid dienone is 1. The van der Waals surface area contributed by atoms with Gasteiger partial charge in [-0.1, -0.05) is 29.4 Å². The van der Waals surface area contributed by atoms with Crippen molar-refractivity contribution < 1.29 is 9.45 Å². The van der Waals surface area contributed by atoms with Gasteiger partial charge in [-0.15, -0.1) is 0 Å². The lowest BCUT2D eigenvalue weighted by Crippen LogP contribution is -2.14. The van der Waals surface area contributed by atoms with Crippen LogP contribution in [0.1, 0.15) is 18.2 Å². The van der Waals surface area contributed by atoms with Gasteiger partial charge in [0.05, 0.1) is 10.8 Å². The van der Waals surface area contributed by atoms with Crippen LogP contribution in [0.2, 0.25) is 0 Å². The number of nitro benzene ring substituents is 1. The molecule has 1 aliphatic carbocycles. The van der Waals surface area contributed by atoms with Crippen molar-refractivity contribution in [2.45, 2.75) is 18.4 Å². The second-order valence-electron chi connectivity index (χ2n) is 4.65. The van der Waals surface area contributed by atoms with Gasteiger partial charge in [0.1, 0.15) is 0 Å². The van der Waals surface area contributed by atoms with Crippen molar-refractivity contribution in [3.05, 3.63) is 52.4 Å². The third kappa shape index (κ3) is 2.30. The molecule has 2 unspecified atom stereocenters. The number of nitrogens with two attached hydrogens (primary N) is 1. The maximum absolute atomic E-state index is 10.8. The zero-order valence-corrected chi connectivity index (χ0v) is 10.5. The predicted molar refractivity (Wildman–Crippen MR) is 70.9 cm³/mol. The maximum atomic E-state index is 10.8. The summed E-state index contributed by atoms with van der Waals surface area (Å²) in [4.78, 5) is 14.6. The molecular weight excluding hydrogens is 260 g/mol. The molecule has 0 saturated heterocycles. The molecule has 0 spiro atoms. The van der Waals surface area contributed by atoms with Crippen molar-refractivity contribution in [3.8, 4) is 11.4 Å². The van der Waals surface area contributed by atoms with E-state index in [0.717, 1.165) is 6.42 Å². The lowest BCUT2D eigenvalue weighted by molar-refractivity contribution is -0.384. The first-order chi connectivity index (χ1) is 9.63. The third-order valence-corrected chi connectivity index (χ3v) is 3.19. The third-order valence-electron chi connectivity index (χ3n) is 3.19. The van der Waals surface area contributed by atoms with Crippen molar-refractivity contribution >= 4 is 5.69 Å². The van der Waals surface area contributed by atoms with E-state index < -0.39 is 4.92 Å². The minimum atomic E-state index is -0.455. The van der Waals surface area contributed by atoms with Gasteiger partial charge in [0, 0.05) is 23.7 Å². The fourth-order valence-corrected chi connectivity index (χ4v) is 2.17. The monoisotopic (exact) mass is 272 g/mol. The van der Waals surface area contributed by atoms with Gasteiger partial charge in [-0.05, 0) is 6.42 Å². The zero-order valence-electron chi connectivity index (χ0n) is 10.5. The summed E-state index contributed by atoms with van der Waals surface area (Å²) in [6, 6.07) is 6.15. The maximum Gasteiger partial charge on any atom is 0.270 e. The number of rotatable bonds is 3. The second-order valence-corrected chi connectivity index (χ2v) is 4.65. The smallest absolute Gasteiger partial charge is 0.270 e. The number of hydrogen-bond donors (Lipinski definition) is 1. The first-order valence-corrected chi connectivity index (χ1v) is 6.16. The minimum Gasteiger partial charge on any atom is -0.338 e. The average molecular weight is 272 g/mol. The van der Waals surface area contributed by atoms with Gasteiger partial charge in [-0.3, -0.25) is 10.1 Å². The number of aromatic nitrogens is 2. The molecule has 0 fully saturated rings. The fraction of sp³-hybridized carbons (Fsp3) is 0.231. The summed E-state index contributed by atoms with van der Waals surface area (Å²) in [7, 11) is 0. The Morgan fingerprint density at radius 3 is 2.95 bits per heavy atom. The Kier molecular flexibility index (Phi) is 3.03. The van der Waals surface area contributed by atoms with Crippen LogP contribution in [0.3, 0.4) is 0 Å². The molecule has 2 N–H and O–H groups in total. The van der Waals surface area contributed by atoms with E-state index in [1.54, 1.807) is 12.1 Å². The molecule has 7 heteroatoms. The Bertz CT molecular complexity index is 680. The summed E-state index contributed by atoms with van der Waals surface area (Å²) in [6.07, 6.45) is 4.58. The van der Waals surface area contributed by atoms with Crippen molar-refractivity contribution in [3.63, 3.8) is 0 Å². The number of nitro groups is 1. The number of benzene rings is 1. The molecule has 0 radical (unpaired) electrons. The van der Waals surface area contributed by atoms with Crippen molar-refractivity contribution in [2.75, 3.05) is 0 Å². The molecule has 2 atom stereocenters. The van der Waals surface area contributed by atoms with Gasteiger partial charge in [-0.25, -0.2) is 0 Å². The van der Waals surface area contributed by atoms with E-state index in [1.165, 1.54) is 12.1 Å². The second kappa shape index (κ2) is 4.86. The van der Waals surface area contributed by atoms with Crippen molar-refractivity contribution in [1.82, 2.24) is 10.1 Å². The Balaban J connectivity index is 1.88. The van der Waals surface area contributed by atoms with Gasteiger partial charge in [-0.2, -0.15) is 4.98 Å². The van der Waals surface area contributed by atoms with Crippen LogP contribution in [0, 0.1) is 10.1 Å². The lowest BCUT2D eigenvalue weighted by Gasteiger charge is -2.01. The van der Waals surface area contributed by atoms with Crippen LogP contribution in [0.5, 0.6) is 0 Å². The summed E-state index contributed by atoms with van der Waals surface area (Å²) in [5.41, 5.74) is 6.33. The van der Waals surface area contributed by atoms with Gasteiger partial charge in [0.2, 0.25) is 11.7 Å². The quantitative estimate of drug-likeness (QED) is 0.520. The highest BCUT2D eigenvalue weighted by Gasteiger charge is 2.23. The van der Waals surface area contributed by atoms with Crippen LogP contribution in [-0.2, 0) is 0 Å². The van der Waals surface area contributed by atoms with E-state index in [2.05, 4.69) is 10.1 Å². The van der Waals surface area contributed by atoms with Crippen LogP contribution in [0.25, 0.3) is 11.4 Å². The molecule has 0 bridgehead atoms. The summed E-state index contributed by atoms with van der Waals surface area (Å²) in [6.45, 7) is 0. The highest BCUT2D eigenvalue weighted by molar-refractivity contribution is 5.58. The average Bonchev–Trinajstić information content (AvgIpc) is 3.07. The molecule has 1 aliphatic rings. The summed E-state index contributed by atoms with van der Waals surface area (Å²) < 4.78 is 5.21. The molecule has 2 aromatic rings. The Hall–Kier alpha value is -2.54. The van der Waals surface area contributed by atoms with E-state index in [4.69, 9.17) is 10.3 Å². The predicted octanol–water partition coefficient (Wildman–Crippen LogP) is 2.02. The van der Waals surface area contributed by atoms with Crippen LogP contribution in [-0.4, -0.2) is 21.1 Å². The molecule has 1 aromatic carbocycles. The molecule has 1 heterocycles. The molecule has 20 heavy (non-hydrogen) atoms. The molecule has 7 nitrogen and oxygen atoms in total. The number of hydrogen-bond acceptors (Lipinski definition) is 6. The van der Waals surface area contributed by atoms with Crippen LogP contribution < -0.4 is 5.73 Å². The molecule has 3 rings (SSSR count). The molecular formula is C13H12N4O3. The molecule has 1 aromatic heterocycles. The van der Waals surface area contributed by atoms with Crippen LogP contribution >= 0.6 is 0 Å². The molecule has 102 valence electrons. The topological polar surface area (TPSA) is 108 Å².